The number of hydrogen-bond donors (Lipinski definition) is 0. The molecule has 1 amide bonds. The number of benzene rings is 2. The molecule has 0 aliphatic carbocycles. The number of hydrogen-bond acceptors (Lipinski definition) is 3. The molecular formula is C19H19ClN2OS2. The minimum Gasteiger partial charge on any atom is -0.316 e. The lowest BCUT2D eigenvalue weighted by atomic mass is 10.3. The third kappa shape index (κ3) is 4.75. The molecule has 0 bridgehead atoms. The van der Waals surface area contributed by atoms with Crippen LogP contribution in [0.3, 0.4) is 0 Å². The second-order valence-electron chi connectivity index (χ2n) is 5.56. The number of amides is 1. The van der Waals surface area contributed by atoms with Gasteiger partial charge in [0.25, 0.3) is 0 Å². The van der Waals surface area contributed by atoms with Gasteiger partial charge in [-0.3, -0.25) is 4.79 Å². The highest BCUT2D eigenvalue weighted by atomic mass is 35.5. The summed E-state index contributed by atoms with van der Waals surface area (Å²) >= 11 is 9.10. The maximum absolute atomic E-state index is 12.3. The molecule has 3 rings (SSSR count). The largest absolute Gasteiger partial charge is 0.316 e. The highest BCUT2D eigenvalue weighted by Gasteiger charge is 2.07. The number of halogens is 1. The van der Waals surface area contributed by atoms with Crippen molar-refractivity contribution in [1.82, 2.24) is 4.57 Å². The molecule has 0 spiro atoms. The predicted molar refractivity (Wildman–Crippen MR) is 107 cm³/mol. The number of carbonyl (C=O) groups excluding carboxylic acids is 1. The van der Waals surface area contributed by atoms with E-state index in [1.165, 1.54) is 0 Å². The van der Waals surface area contributed by atoms with Crippen LogP contribution in [0.15, 0.2) is 58.4 Å². The second-order valence-corrected chi connectivity index (χ2v) is 8.18. The van der Waals surface area contributed by atoms with Crippen LogP contribution in [0.4, 0.5) is 0 Å². The van der Waals surface area contributed by atoms with Gasteiger partial charge in [-0.15, -0.1) is 11.8 Å². The fourth-order valence-corrected chi connectivity index (χ4v) is 4.54. The van der Waals surface area contributed by atoms with E-state index in [1.807, 2.05) is 36.4 Å². The van der Waals surface area contributed by atoms with Crippen LogP contribution in [0.2, 0.25) is 5.02 Å². The topological polar surface area (TPSA) is 34.4 Å². The average molecular weight is 391 g/mol. The van der Waals surface area contributed by atoms with Crippen molar-refractivity contribution in [3.05, 3.63) is 58.4 Å². The van der Waals surface area contributed by atoms with Gasteiger partial charge in [0.1, 0.15) is 0 Å². The molecule has 6 heteroatoms. The summed E-state index contributed by atoms with van der Waals surface area (Å²) in [6.45, 7) is 3.00. The number of aromatic nitrogens is 1. The summed E-state index contributed by atoms with van der Waals surface area (Å²) in [4.78, 5) is 18.6. The van der Waals surface area contributed by atoms with E-state index in [1.54, 1.807) is 23.1 Å². The Morgan fingerprint density at radius 3 is 2.72 bits per heavy atom. The van der Waals surface area contributed by atoms with E-state index < -0.39 is 0 Å². The number of thioether (sulfide) groups is 1. The van der Waals surface area contributed by atoms with Gasteiger partial charge in [-0.05, 0) is 42.8 Å². The van der Waals surface area contributed by atoms with Crippen LogP contribution in [-0.4, -0.2) is 16.2 Å². The summed E-state index contributed by atoms with van der Waals surface area (Å²) in [6, 6.07) is 15.9. The standard InChI is InChI=1S/C19H19ClN2OS2/c1-2-12-22-16-5-3-4-6-17(16)25-19(22)21-18(23)11-13-24-15-9-7-14(20)8-10-15/h3-10H,2,11-13H2,1H3. The Balaban J connectivity index is 1.71. The van der Waals surface area contributed by atoms with Crippen molar-refractivity contribution in [3.63, 3.8) is 0 Å². The van der Waals surface area contributed by atoms with Gasteiger partial charge < -0.3 is 4.57 Å². The van der Waals surface area contributed by atoms with Gasteiger partial charge in [-0.1, -0.05) is 42.0 Å². The summed E-state index contributed by atoms with van der Waals surface area (Å²) in [6.07, 6.45) is 1.43. The summed E-state index contributed by atoms with van der Waals surface area (Å²) in [7, 11) is 0. The summed E-state index contributed by atoms with van der Waals surface area (Å²) < 4.78 is 3.31. The maximum atomic E-state index is 12.3. The quantitative estimate of drug-likeness (QED) is 0.530. The Kier molecular flexibility index (Phi) is 6.34. The number of aryl methyl sites for hydroxylation is 1. The first-order valence-corrected chi connectivity index (χ1v) is 10.4. The lowest BCUT2D eigenvalue weighted by Gasteiger charge is -2.02. The van der Waals surface area contributed by atoms with Gasteiger partial charge in [0.05, 0.1) is 10.2 Å². The smallest absolute Gasteiger partial charge is 0.249 e. The second kappa shape index (κ2) is 8.70. The van der Waals surface area contributed by atoms with Gasteiger partial charge in [0.2, 0.25) is 5.91 Å². The molecule has 0 aliphatic heterocycles. The molecule has 0 saturated heterocycles. The first-order chi connectivity index (χ1) is 12.2. The Bertz CT molecular complexity index is 928. The average Bonchev–Trinajstić information content (AvgIpc) is 2.94. The number of nitrogens with zero attached hydrogens (tertiary/aromatic N) is 2. The monoisotopic (exact) mass is 390 g/mol. The van der Waals surface area contributed by atoms with Gasteiger partial charge in [-0.2, -0.15) is 4.99 Å². The molecule has 3 aromatic rings. The Labute approximate surface area is 160 Å². The van der Waals surface area contributed by atoms with Gasteiger partial charge in [0, 0.05) is 28.6 Å². The predicted octanol–water partition coefficient (Wildman–Crippen LogP) is 5.38. The van der Waals surface area contributed by atoms with Crippen molar-refractivity contribution in [1.29, 1.82) is 0 Å². The molecule has 0 atom stereocenters. The van der Waals surface area contributed by atoms with Crippen molar-refractivity contribution in [3.8, 4) is 0 Å². The molecule has 2 aromatic carbocycles. The number of fused-ring (bicyclic) bond motifs is 1. The van der Waals surface area contributed by atoms with Crippen LogP contribution < -0.4 is 4.80 Å². The Morgan fingerprint density at radius 1 is 1.20 bits per heavy atom. The molecule has 0 unspecified atom stereocenters. The molecule has 1 aromatic heterocycles. The van der Waals surface area contributed by atoms with E-state index in [9.17, 15) is 4.79 Å². The van der Waals surface area contributed by atoms with Crippen LogP contribution in [-0.2, 0) is 11.3 Å². The van der Waals surface area contributed by atoms with Crippen molar-refractivity contribution in [2.45, 2.75) is 31.2 Å². The molecule has 0 fully saturated rings. The van der Waals surface area contributed by atoms with Crippen molar-refractivity contribution in [2.75, 3.05) is 5.75 Å². The molecule has 25 heavy (non-hydrogen) atoms. The third-order valence-electron chi connectivity index (χ3n) is 3.65. The molecule has 130 valence electrons. The fraction of sp³-hybridized carbons (Fsp3) is 0.263. The highest BCUT2D eigenvalue weighted by Crippen LogP contribution is 2.21. The van der Waals surface area contributed by atoms with E-state index in [0.717, 1.165) is 37.9 Å². The van der Waals surface area contributed by atoms with Crippen molar-refractivity contribution < 1.29 is 4.79 Å². The molecule has 1 heterocycles. The van der Waals surface area contributed by atoms with Crippen LogP contribution >= 0.6 is 34.7 Å². The number of thiazole rings is 1. The highest BCUT2D eigenvalue weighted by molar-refractivity contribution is 7.99. The van der Waals surface area contributed by atoms with Gasteiger partial charge in [0.15, 0.2) is 4.80 Å². The van der Waals surface area contributed by atoms with Crippen LogP contribution in [0.25, 0.3) is 10.2 Å². The Morgan fingerprint density at radius 2 is 1.96 bits per heavy atom. The van der Waals surface area contributed by atoms with E-state index in [-0.39, 0.29) is 5.91 Å². The Hall–Kier alpha value is -1.56. The van der Waals surface area contributed by atoms with Crippen LogP contribution in [0.5, 0.6) is 0 Å². The summed E-state index contributed by atoms with van der Waals surface area (Å²) in [5.74, 6) is 0.640. The van der Waals surface area contributed by atoms with E-state index in [2.05, 4.69) is 28.6 Å². The van der Waals surface area contributed by atoms with Crippen molar-refractivity contribution >= 4 is 50.8 Å². The first-order valence-electron chi connectivity index (χ1n) is 8.21. The fourth-order valence-electron chi connectivity index (χ4n) is 2.50. The zero-order valence-corrected chi connectivity index (χ0v) is 16.3. The molecule has 3 nitrogen and oxygen atoms in total. The summed E-state index contributed by atoms with van der Waals surface area (Å²) in [5, 5.41) is 0.723. The van der Waals surface area contributed by atoms with Gasteiger partial charge >= 0.3 is 0 Å². The zero-order chi connectivity index (χ0) is 17.6. The third-order valence-corrected chi connectivity index (χ3v) is 5.98. The maximum Gasteiger partial charge on any atom is 0.249 e. The number of carbonyl (C=O) groups is 1. The summed E-state index contributed by atoms with van der Waals surface area (Å²) in [5.41, 5.74) is 1.15. The van der Waals surface area contributed by atoms with E-state index in [0.29, 0.717) is 12.2 Å². The lowest BCUT2D eigenvalue weighted by Crippen LogP contribution is -2.16. The molecule has 0 N–H and O–H groups in total. The normalized spacial score (nSPS) is 12.0. The zero-order valence-electron chi connectivity index (χ0n) is 13.9. The van der Waals surface area contributed by atoms with Gasteiger partial charge in [-0.25, -0.2) is 0 Å². The molecule has 0 saturated carbocycles. The van der Waals surface area contributed by atoms with Crippen LogP contribution in [0.1, 0.15) is 19.8 Å². The first kappa shape index (κ1) is 18.2. The molecule has 0 radical (unpaired) electrons. The molecular weight excluding hydrogens is 372 g/mol. The van der Waals surface area contributed by atoms with E-state index in [4.69, 9.17) is 11.6 Å². The van der Waals surface area contributed by atoms with Crippen molar-refractivity contribution in [2.24, 2.45) is 4.99 Å². The number of para-hydroxylation sites is 1. The minimum absolute atomic E-state index is 0.0714. The van der Waals surface area contributed by atoms with Crippen LogP contribution in [0, 0.1) is 0 Å². The van der Waals surface area contributed by atoms with E-state index >= 15 is 0 Å². The minimum atomic E-state index is -0.0714. The SMILES string of the molecule is CCCn1c(=NC(=O)CCSc2ccc(Cl)cc2)sc2ccccc21. The lowest BCUT2D eigenvalue weighted by molar-refractivity contribution is -0.117. The molecule has 0 aliphatic rings. The number of rotatable bonds is 6.